The molecule has 1 aromatic carbocycles. The van der Waals surface area contributed by atoms with Crippen LogP contribution in [0.25, 0.3) is 0 Å². The number of hydrogen-bond acceptors (Lipinski definition) is 2. The van der Waals surface area contributed by atoms with Gasteiger partial charge in [0.05, 0.1) is 10.0 Å². The van der Waals surface area contributed by atoms with Crippen LogP contribution in [0, 0.1) is 0 Å². The molecule has 0 aromatic heterocycles. The SMILES string of the molecule is Cl.N[C@H](CCC(F)(F)F)c1cc(Cl)c(O)c(Cl)c1. The topological polar surface area (TPSA) is 46.2 Å². The third kappa shape index (κ3) is 5.10. The molecule has 0 aliphatic carbocycles. The van der Waals surface area contributed by atoms with Gasteiger partial charge in [-0.15, -0.1) is 12.4 Å². The van der Waals surface area contributed by atoms with Crippen molar-refractivity contribution in [2.75, 3.05) is 0 Å². The van der Waals surface area contributed by atoms with Crippen LogP contribution in [0.1, 0.15) is 24.4 Å². The number of alkyl halides is 3. The van der Waals surface area contributed by atoms with Crippen molar-refractivity contribution in [3.63, 3.8) is 0 Å². The molecular weight excluding hydrogens is 313 g/mol. The molecule has 0 saturated carbocycles. The predicted molar refractivity (Wildman–Crippen MR) is 67.6 cm³/mol. The second kappa shape index (κ2) is 6.70. The van der Waals surface area contributed by atoms with Gasteiger partial charge in [-0.3, -0.25) is 0 Å². The Morgan fingerprint density at radius 1 is 1.22 bits per heavy atom. The highest BCUT2D eigenvalue weighted by molar-refractivity contribution is 6.37. The van der Waals surface area contributed by atoms with Gasteiger partial charge < -0.3 is 10.8 Å². The lowest BCUT2D eigenvalue weighted by molar-refractivity contribution is -0.136. The molecule has 0 aliphatic rings. The fourth-order valence-electron chi connectivity index (χ4n) is 1.29. The maximum atomic E-state index is 12.0. The molecule has 0 saturated heterocycles. The number of benzene rings is 1. The zero-order valence-corrected chi connectivity index (χ0v) is 11.3. The lowest BCUT2D eigenvalue weighted by Crippen LogP contribution is -2.15. The third-order valence-corrected chi connectivity index (χ3v) is 2.78. The first-order valence-corrected chi connectivity index (χ1v) is 5.46. The van der Waals surface area contributed by atoms with E-state index in [2.05, 4.69) is 0 Å². The molecule has 2 nitrogen and oxygen atoms in total. The van der Waals surface area contributed by atoms with E-state index in [4.69, 9.17) is 28.9 Å². The first kappa shape index (κ1) is 17.6. The van der Waals surface area contributed by atoms with Gasteiger partial charge in [-0.05, 0) is 24.1 Å². The molecule has 8 heteroatoms. The lowest BCUT2D eigenvalue weighted by atomic mass is 10.0. The highest BCUT2D eigenvalue weighted by Crippen LogP contribution is 2.35. The van der Waals surface area contributed by atoms with E-state index in [0.29, 0.717) is 5.56 Å². The Morgan fingerprint density at radius 3 is 2.06 bits per heavy atom. The predicted octanol–water partition coefficient (Wildman–Crippen LogP) is 4.46. The summed E-state index contributed by atoms with van der Waals surface area (Å²) in [5, 5.41) is 9.22. The Morgan fingerprint density at radius 2 is 1.67 bits per heavy atom. The summed E-state index contributed by atoms with van der Waals surface area (Å²) in [4.78, 5) is 0. The maximum Gasteiger partial charge on any atom is 0.389 e. The van der Waals surface area contributed by atoms with Gasteiger partial charge in [0.1, 0.15) is 0 Å². The standard InChI is InChI=1S/C10H10Cl2F3NO.ClH/c11-6-3-5(4-7(12)9(6)17)8(16)1-2-10(13,14)15;/h3-4,8,17H,1-2,16H2;1H/t8-;/m1./s1. The van der Waals surface area contributed by atoms with Crippen molar-refractivity contribution in [1.29, 1.82) is 0 Å². The van der Waals surface area contributed by atoms with Gasteiger partial charge in [-0.2, -0.15) is 13.2 Å². The molecule has 0 unspecified atom stereocenters. The molecule has 1 rings (SSSR count). The molecule has 1 aromatic rings. The molecule has 1 atom stereocenters. The number of aromatic hydroxyl groups is 1. The van der Waals surface area contributed by atoms with Gasteiger partial charge in [0.15, 0.2) is 5.75 Å². The number of rotatable bonds is 3. The number of phenolic OH excluding ortho intramolecular Hbond substituents is 1. The van der Waals surface area contributed by atoms with Crippen molar-refractivity contribution in [2.24, 2.45) is 5.73 Å². The van der Waals surface area contributed by atoms with Crippen LogP contribution in [0.3, 0.4) is 0 Å². The van der Waals surface area contributed by atoms with Crippen LogP contribution in [0.4, 0.5) is 13.2 Å². The van der Waals surface area contributed by atoms with Crippen LogP contribution >= 0.6 is 35.6 Å². The van der Waals surface area contributed by atoms with Gasteiger partial charge in [-0.25, -0.2) is 0 Å². The lowest BCUT2D eigenvalue weighted by Gasteiger charge is -2.14. The molecule has 0 bridgehead atoms. The minimum Gasteiger partial charge on any atom is -0.505 e. The summed E-state index contributed by atoms with van der Waals surface area (Å²) in [6, 6.07) is 1.79. The van der Waals surface area contributed by atoms with Crippen LogP contribution in [-0.2, 0) is 0 Å². The van der Waals surface area contributed by atoms with E-state index in [1.165, 1.54) is 12.1 Å². The molecular formula is C10H11Cl3F3NO. The Labute approximate surface area is 118 Å². The summed E-state index contributed by atoms with van der Waals surface area (Å²) in [5.74, 6) is -0.305. The summed E-state index contributed by atoms with van der Waals surface area (Å²) in [6.45, 7) is 0. The second-order valence-electron chi connectivity index (χ2n) is 3.59. The van der Waals surface area contributed by atoms with Gasteiger partial charge in [0, 0.05) is 12.5 Å². The van der Waals surface area contributed by atoms with Crippen LogP contribution < -0.4 is 5.73 Å². The fraction of sp³-hybridized carbons (Fsp3) is 0.400. The minimum absolute atomic E-state index is 0. The highest BCUT2D eigenvalue weighted by atomic mass is 35.5. The zero-order chi connectivity index (χ0) is 13.2. The van der Waals surface area contributed by atoms with Crippen LogP contribution in [0.15, 0.2) is 12.1 Å². The number of nitrogens with two attached hydrogens (primary N) is 1. The maximum absolute atomic E-state index is 12.0. The molecule has 0 fully saturated rings. The Balaban J connectivity index is 0.00000289. The van der Waals surface area contributed by atoms with Crippen LogP contribution in [0.2, 0.25) is 10.0 Å². The third-order valence-electron chi connectivity index (χ3n) is 2.21. The highest BCUT2D eigenvalue weighted by Gasteiger charge is 2.28. The van der Waals surface area contributed by atoms with Gasteiger partial charge in [-0.1, -0.05) is 23.2 Å². The van der Waals surface area contributed by atoms with Crippen molar-refractivity contribution < 1.29 is 18.3 Å². The van der Waals surface area contributed by atoms with Gasteiger partial charge in [0.2, 0.25) is 0 Å². The summed E-state index contributed by atoms with van der Waals surface area (Å²) < 4.78 is 36.0. The summed E-state index contributed by atoms with van der Waals surface area (Å²) >= 11 is 11.3. The molecule has 18 heavy (non-hydrogen) atoms. The molecule has 0 heterocycles. The Kier molecular flexibility index (Phi) is 6.57. The summed E-state index contributed by atoms with van der Waals surface area (Å²) in [7, 11) is 0. The second-order valence-corrected chi connectivity index (χ2v) is 4.41. The van der Waals surface area contributed by atoms with Crippen molar-refractivity contribution in [1.82, 2.24) is 0 Å². The molecule has 0 spiro atoms. The van der Waals surface area contributed by atoms with Crippen LogP contribution in [0.5, 0.6) is 5.75 Å². The first-order chi connectivity index (χ1) is 7.70. The molecule has 0 radical (unpaired) electrons. The molecule has 0 aliphatic heterocycles. The van der Waals surface area contributed by atoms with Crippen molar-refractivity contribution in [3.8, 4) is 5.75 Å². The number of phenols is 1. The summed E-state index contributed by atoms with van der Waals surface area (Å²) in [6.07, 6.45) is -5.49. The average Bonchev–Trinajstić information content (AvgIpc) is 2.20. The largest absolute Gasteiger partial charge is 0.505 e. The van der Waals surface area contributed by atoms with E-state index in [1.54, 1.807) is 0 Å². The van der Waals surface area contributed by atoms with E-state index in [1.807, 2.05) is 0 Å². The van der Waals surface area contributed by atoms with Crippen molar-refractivity contribution in [3.05, 3.63) is 27.7 Å². The fourth-order valence-corrected chi connectivity index (χ4v) is 1.79. The normalized spacial score (nSPS) is 13.0. The summed E-state index contributed by atoms with van der Waals surface area (Å²) in [5.41, 5.74) is 5.95. The first-order valence-electron chi connectivity index (χ1n) is 4.71. The monoisotopic (exact) mass is 323 g/mol. The molecule has 0 amide bonds. The van der Waals surface area contributed by atoms with E-state index in [-0.39, 0.29) is 34.6 Å². The Hall–Kier alpha value is -0.360. The number of halogens is 6. The van der Waals surface area contributed by atoms with Gasteiger partial charge >= 0.3 is 6.18 Å². The van der Waals surface area contributed by atoms with E-state index >= 15 is 0 Å². The minimum atomic E-state index is -4.25. The smallest absolute Gasteiger partial charge is 0.389 e. The Bertz CT molecular complexity index is 389. The van der Waals surface area contributed by atoms with Crippen molar-refractivity contribution in [2.45, 2.75) is 25.1 Å². The molecule has 104 valence electrons. The van der Waals surface area contributed by atoms with E-state index in [9.17, 15) is 18.3 Å². The van der Waals surface area contributed by atoms with Crippen molar-refractivity contribution >= 4 is 35.6 Å². The quantitative estimate of drug-likeness (QED) is 0.862. The van der Waals surface area contributed by atoms with E-state index < -0.39 is 18.6 Å². The van der Waals surface area contributed by atoms with Crippen LogP contribution in [-0.4, -0.2) is 11.3 Å². The van der Waals surface area contributed by atoms with Gasteiger partial charge in [0.25, 0.3) is 0 Å². The van der Waals surface area contributed by atoms with E-state index in [0.717, 1.165) is 0 Å². The molecule has 3 N–H and O–H groups in total. The number of hydrogen-bond donors (Lipinski definition) is 2. The zero-order valence-electron chi connectivity index (χ0n) is 8.97. The average molecular weight is 325 g/mol.